The predicted molar refractivity (Wildman–Crippen MR) is 68.6 cm³/mol. The minimum Gasteiger partial charge on any atom is -0.469 e. The molecular weight excluding hydrogens is 248 g/mol. The van der Waals surface area contributed by atoms with E-state index in [1.807, 2.05) is 13.8 Å². The summed E-state index contributed by atoms with van der Waals surface area (Å²) in [5, 5.41) is 3.82. The van der Waals surface area contributed by atoms with Gasteiger partial charge in [0.15, 0.2) is 0 Å². The highest BCUT2D eigenvalue weighted by Crippen LogP contribution is 2.14. The first-order chi connectivity index (χ1) is 8.99. The number of rotatable bonds is 6. The van der Waals surface area contributed by atoms with Gasteiger partial charge in [0.25, 0.3) is 0 Å². The van der Waals surface area contributed by atoms with Gasteiger partial charge in [0.1, 0.15) is 5.76 Å². The molecule has 0 saturated carbocycles. The molecule has 1 aromatic heterocycles. The van der Waals surface area contributed by atoms with Crippen molar-refractivity contribution in [1.82, 2.24) is 10.1 Å². The molecule has 0 spiro atoms. The van der Waals surface area contributed by atoms with Gasteiger partial charge in [0.2, 0.25) is 5.91 Å². The van der Waals surface area contributed by atoms with E-state index in [4.69, 9.17) is 4.52 Å². The van der Waals surface area contributed by atoms with Gasteiger partial charge in [-0.25, -0.2) is 0 Å². The Bertz CT molecular complexity index is 434. The summed E-state index contributed by atoms with van der Waals surface area (Å²) in [6.45, 7) is 6.39. The molecule has 6 nitrogen and oxygen atoms in total. The van der Waals surface area contributed by atoms with Crippen LogP contribution in [0.4, 0.5) is 0 Å². The molecule has 1 rings (SSSR count). The second-order valence-corrected chi connectivity index (χ2v) is 4.28. The fourth-order valence-corrected chi connectivity index (χ4v) is 1.80. The standard InChI is InChI=1S/C13H20N2O4/c1-5-15(7-6-13(17)18-4)12(16)8-11-9(2)14-19-10(11)3/h5-8H2,1-4H3. The van der Waals surface area contributed by atoms with Gasteiger partial charge in [-0.2, -0.15) is 0 Å². The normalized spacial score (nSPS) is 10.3. The highest BCUT2D eigenvalue weighted by atomic mass is 16.5. The van der Waals surface area contributed by atoms with Gasteiger partial charge in [0, 0.05) is 18.7 Å². The maximum absolute atomic E-state index is 12.2. The number of esters is 1. The topological polar surface area (TPSA) is 72.6 Å². The zero-order valence-corrected chi connectivity index (χ0v) is 11.9. The van der Waals surface area contributed by atoms with Crippen LogP contribution in [0.1, 0.15) is 30.4 Å². The Morgan fingerprint density at radius 3 is 2.53 bits per heavy atom. The molecule has 19 heavy (non-hydrogen) atoms. The van der Waals surface area contributed by atoms with Crippen LogP contribution in [-0.2, 0) is 20.7 Å². The number of ether oxygens (including phenoxy) is 1. The summed E-state index contributed by atoms with van der Waals surface area (Å²) in [6.07, 6.45) is 0.452. The number of aryl methyl sites for hydroxylation is 2. The molecule has 0 radical (unpaired) electrons. The average molecular weight is 268 g/mol. The van der Waals surface area contributed by atoms with E-state index in [1.165, 1.54) is 7.11 Å². The first kappa shape index (κ1) is 15.2. The molecule has 6 heteroatoms. The minimum absolute atomic E-state index is 0.0409. The maximum Gasteiger partial charge on any atom is 0.307 e. The summed E-state index contributed by atoms with van der Waals surface area (Å²) in [5.41, 5.74) is 1.55. The van der Waals surface area contributed by atoms with E-state index in [-0.39, 0.29) is 24.7 Å². The van der Waals surface area contributed by atoms with E-state index >= 15 is 0 Å². The molecule has 0 fully saturated rings. The minimum atomic E-state index is -0.316. The van der Waals surface area contributed by atoms with E-state index in [2.05, 4.69) is 9.89 Å². The zero-order chi connectivity index (χ0) is 14.4. The van der Waals surface area contributed by atoms with Crippen LogP contribution in [0, 0.1) is 13.8 Å². The van der Waals surface area contributed by atoms with E-state index in [1.54, 1.807) is 11.8 Å². The van der Waals surface area contributed by atoms with Crippen molar-refractivity contribution in [2.45, 2.75) is 33.6 Å². The fourth-order valence-electron chi connectivity index (χ4n) is 1.80. The van der Waals surface area contributed by atoms with Crippen LogP contribution in [0.15, 0.2) is 4.52 Å². The Hall–Kier alpha value is -1.85. The third kappa shape index (κ3) is 4.08. The second kappa shape index (κ2) is 6.92. The molecule has 0 unspecified atom stereocenters. The lowest BCUT2D eigenvalue weighted by atomic mass is 10.1. The Kier molecular flexibility index (Phi) is 5.54. The van der Waals surface area contributed by atoms with Crippen molar-refractivity contribution in [3.8, 4) is 0 Å². The van der Waals surface area contributed by atoms with Crippen molar-refractivity contribution in [3.05, 3.63) is 17.0 Å². The van der Waals surface area contributed by atoms with Gasteiger partial charge in [-0.05, 0) is 20.8 Å². The Morgan fingerprint density at radius 2 is 2.05 bits per heavy atom. The first-order valence-electron chi connectivity index (χ1n) is 6.25. The summed E-state index contributed by atoms with van der Waals surface area (Å²) in [4.78, 5) is 24.9. The van der Waals surface area contributed by atoms with Crippen molar-refractivity contribution in [3.63, 3.8) is 0 Å². The largest absolute Gasteiger partial charge is 0.469 e. The monoisotopic (exact) mass is 268 g/mol. The average Bonchev–Trinajstić information content (AvgIpc) is 2.71. The Balaban J connectivity index is 2.62. The molecule has 1 amide bonds. The van der Waals surface area contributed by atoms with E-state index in [0.29, 0.717) is 18.8 Å². The lowest BCUT2D eigenvalue weighted by molar-refractivity contribution is -0.141. The summed E-state index contributed by atoms with van der Waals surface area (Å²) in [6, 6.07) is 0. The molecule has 0 N–H and O–H groups in total. The number of amides is 1. The predicted octanol–water partition coefficient (Wildman–Crippen LogP) is 1.25. The summed E-state index contributed by atoms with van der Waals surface area (Å²) in [7, 11) is 1.34. The van der Waals surface area contributed by atoms with Crippen LogP contribution in [0.2, 0.25) is 0 Å². The molecule has 0 saturated heterocycles. The maximum atomic E-state index is 12.2. The van der Waals surface area contributed by atoms with Gasteiger partial charge in [-0.3, -0.25) is 9.59 Å². The Morgan fingerprint density at radius 1 is 1.37 bits per heavy atom. The first-order valence-corrected chi connectivity index (χ1v) is 6.25. The zero-order valence-electron chi connectivity index (χ0n) is 11.9. The summed E-state index contributed by atoms with van der Waals surface area (Å²) < 4.78 is 9.60. The van der Waals surface area contributed by atoms with Crippen LogP contribution in [0.5, 0.6) is 0 Å². The Labute approximate surface area is 112 Å². The third-order valence-electron chi connectivity index (χ3n) is 3.06. The van der Waals surface area contributed by atoms with Crippen LogP contribution in [0.3, 0.4) is 0 Å². The van der Waals surface area contributed by atoms with Crippen molar-refractivity contribution in [2.75, 3.05) is 20.2 Å². The van der Waals surface area contributed by atoms with Crippen molar-refractivity contribution >= 4 is 11.9 Å². The second-order valence-electron chi connectivity index (χ2n) is 4.28. The number of likely N-dealkylation sites (N-methyl/N-ethyl adjacent to an activating group) is 1. The molecule has 0 aromatic carbocycles. The SMILES string of the molecule is CCN(CCC(=O)OC)C(=O)Cc1c(C)noc1C. The van der Waals surface area contributed by atoms with E-state index < -0.39 is 0 Å². The van der Waals surface area contributed by atoms with Gasteiger partial charge >= 0.3 is 5.97 Å². The number of nitrogens with zero attached hydrogens (tertiary/aromatic N) is 2. The number of methoxy groups -OCH3 is 1. The van der Waals surface area contributed by atoms with Gasteiger partial charge in [0.05, 0.1) is 25.6 Å². The van der Waals surface area contributed by atoms with E-state index in [9.17, 15) is 9.59 Å². The molecule has 0 aliphatic rings. The molecule has 0 aliphatic heterocycles. The highest BCUT2D eigenvalue weighted by Gasteiger charge is 2.18. The number of hydrogen-bond acceptors (Lipinski definition) is 5. The third-order valence-corrected chi connectivity index (χ3v) is 3.06. The van der Waals surface area contributed by atoms with Crippen LogP contribution < -0.4 is 0 Å². The molecule has 1 aromatic rings. The number of hydrogen-bond donors (Lipinski definition) is 0. The number of carbonyl (C=O) groups is 2. The quantitative estimate of drug-likeness (QED) is 0.726. The molecule has 0 atom stereocenters. The molecular formula is C13H20N2O4. The molecule has 0 bridgehead atoms. The van der Waals surface area contributed by atoms with Crippen molar-refractivity contribution in [1.29, 1.82) is 0 Å². The number of aromatic nitrogens is 1. The molecule has 106 valence electrons. The smallest absolute Gasteiger partial charge is 0.307 e. The molecule has 0 aliphatic carbocycles. The fraction of sp³-hybridized carbons (Fsp3) is 0.615. The van der Waals surface area contributed by atoms with Crippen LogP contribution in [0.25, 0.3) is 0 Å². The number of carbonyl (C=O) groups excluding carboxylic acids is 2. The van der Waals surface area contributed by atoms with E-state index in [0.717, 1.165) is 11.3 Å². The summed E-state index contributed by atoms with van der Waals surface area (Å²) >= 11 is 0. The summed E-state index contributed by atoms with van der Waals surface area (Å²) in [5.74, 6) is 0.305. The van der Waals surface area contributed by atoms with Gasteiger partial charge in [-0.15, -0.1) is 0 Å². The lowest BCUT2D eigenvalue weighted by Crippen LogP contribution is -2.34. The van der Waals surface area contributed by atoms with Crippen LogP contribution >= 0.6 is 0 Å². The lowest BCUT2D eigenvalue weighted by Gasteiger charge is -2.20. The molecule has 1 heterocycles. The van der Waals surface area contributed by atoms with Crippen LogP contribution in [-0.4, -0.2) is 42.1 Å². The van der Waals surface area contributed by atoms with Crippen molar-refractivity contribution < 1.29 is 18.8 Å². The van der Waals surface area contributed by atoms with Gasteiger partial charge in [-0.1, -0.05) is 5.16 Å². The van der Waals surface area contributed by atoms with Gasteiger partial charge < -0.3 is 14.2 Å². The highest BCUT2D eigenvalue weighted by molar-refractivity contribution is 5.80. The van der Waals surface area contributed by atoms with Crippen molar-refractivity contribution in [2.24, 2.45) is 0 Å².